The maximum atomic E-state index is 12.0. The van der Waals surface area contributed by atoms with Gasteiger partial charge >= 0.3 is 0 Å². The van der Waals surface area contributed by atoms with E-state index in [9.17, 15) is 4.79 Å². The Morgan fingerprint density at radius 3 is 3.11 bits per heavy atom. The summed E-state index contributed by atoms with van der Waals surface area (Å²) in [5.74, 6) is 0.300. The van der Waals surface area contributed by atoms with Crippen molar-refractivity contribution < 1.29 is 9.78 Å². The molecule has 0 aromatic carbocycles. The first-order valence-electron chi connectivity index (χ1n) is 6.00. The first-order valence-corrected chi connectivity index (χ1v) is 6.00. The highest BCUT2D eigenvalue weighted by molar-refractivity contribution is 5.83. The molecule has 0 fully saturated rings. The van der Waals surface area contributed by atoms with Gasteiger partial charge in [0.25, 0.3) is 0 Å². The summed E-state index contributed by atoms with van der Waals surface area (Å²) in [6.07, 6.45) is 5.16. The molecular formula is C13H14N5O+. The van der Waals surface area contributed by atoms with Crippen LogP contribution in [-0.2, 0) is 4.79 Å². The summed E-state index contributed by atoms with van der Waals surface area (Å²) in [5.41, 5.74) is 1.62. The lowest BCUT2D eigenvalue weighted by molar-refractivity contribution is -0.379. The molecule has 0 radical (unpaired) electrons. The van der Waals surface area contributed by atoms with Crippen LogP contribution in [0.1, 0.15) is 18.5 Å². The Morgan fingerprint density at radius 2 is 2.42 bits per heavy atom. The quantitative estimate of drug-likeness (QED) is 0.863. The van der Waals surface area contributed by atoms with Gasteiger partial charge in [0.1, 0.15) is 18.2 Å². The number of anilines is 1. The standard InChI is InChI=1S/C13H13N5O/c1-8-11(9(2)19)12(10-4-3-5-14-6-10)18-13(17-8)15-7-16-18/h3-7,11-12H,1H2,2H3,(H,15,16,17)/p+1. The van der Waals surface area contributed by atoms with Gasteiger partial charge < -0.3 is 5.32 Å². The number of allylic oxidation sites excluding steroid dienone is 1. The predicted octanol–water partition coefficient (Wildman–Crippen LogP) is 0.826. The van der Waals surface area contributed by atoms with E-state index in [1.165, 1.54) is 6.33 Å². The number of hydrogen-bond donors (Lipinski definition) is 1. The Hall–Kier alpha value is -2.50. The van der Waals surface area contributed by atoms with Crippen LogP contribution in [0.2, 0.25) is 0 Å². The van der Waals surface area contributed by atoms with Gasteiger partial charge in [0.2, 0.25) is 5.95 Å². The third-order valence-corrected chi connectivity index (χ3v) is 3.31. The van der Waals surface area contributed by atoms with Crippen LogP contribution in [0.25, 0.3) is 0 Å². The highest BCUT2D eigenvalue weighted by Gasteiger charge is 2.38. The smallest absolute Gasteiger partial charge is 0.226 e. The topological polar surface area (TPSA) is 74.0 Å². The minimum atomic E-state index is -0.356. The SMILES string of the molecule is C=C1Nc2ncnn2C(c2ccc[nH+]c2)C1C(C)=O. The van der Waals surface area contributed by atoms with Gasteiger partial charge in [0.05, 0.1) is 5.92 Å². The van der Waals surface area contributed by atoms with Gasteiger partial charge in [-0.15, -0.1) is 0 Å². The van der Waals surface area contributed by atoms with Crippen molar-refractivity contribution >= 4 is 11.7 Å². The molecule has 19 heavy (non-hydrogen) atoms. The van der Waals surface area contributed by atoms with Crippen LogP contribution in [0, 0.1) is 5.92 Å². The molecule has 2 atom stereocenters. The van der Waals surface area contributed by atoms with Crippen LogP contribution < -0.4 is 10.3 Å². The molecule has 6 nitrogen and oxygen atoms in total. The summed E-state index contributed by atoms with van der Waals surface area (Å²) in [6.45, 7) is 5.52. The monoisotopic (exact) mass is 256 g/mol. The number of rotatable bonds is 2. The van der Waals surface area contributed by atoms with Crippen molar-refractivity contribution in [3.63, 3.8) is 0 Å². The second kappa shape index (κ2) is 4.31. The summed E-state index contributed by atoms with van der Waals surface area (Å²) in [4.78, 5) is 19.1. The number of ketones is 1. The van der Waals surface area contributed by atoms with Crippen LogP contribution in [-0.4, -0.2) is 20.5 Å². The van der Waals surface area contributed by atoms with Gasteiger partial charge in [0.15, 0.2) is 12.4 Å². The Balaban J connectivity index is 2.17. The molecule has 3 heterocycles. The van der Waals surface area contributed by atoms with Gasteiger partial charge in [-0.25, -0.2) is 9.67 Å². The fourth-order valence-corrected chi connectivity index (χ4v) is 2.49. The van der Waals surface area contributed by atoms with Crippen LogP contribution in [0.4, 0.5) is 5.95 Å². The number of nitrogens with one attached hydrogen (secondary N) is 2. The molecule has 0 spiro atoms. The molecule has 3 rings (SSSR count). The number of hydrogen-bond acceptors (Lipinski definition) is 4. The lowest BCUT2D eigenvalue weighted by Crippen LogP contribution is -2.36. The number of fused-ring (bicyclic) bond motifs is 1. The number of nitrogens with zero attached hydrogens (tertiary/aromatic N) is 3. The van der Waals surface area contributed by atoms with E-state index in [0.717, 1.165) is 5.56 Å². The number of H-pyrrole nitrogens is 1. The van der Waals surface area contributed by atoms with Crippen molar-refractivity contribution in [1.82, 2.24) is 14.8 Å². The van der Waals surface area contributed by atoms with Crippen molar-refractivity contribution in [1.29, 1.82) is 0 Å². The Bertz CT molecular complexity index is 633. The minimum absolute atomic E-state index is 0.0486. The average molecular weight is 256 g/mol. The third-order valence-electron chi connectivity index (χ3n) is 3.31. The van der Waals surface area contributed by atoms with Crippen molar-refractivity contribution in [2.45, 2.75) is 13.0 Å². The number of carbonyl (C=O) groups excluding carboxylic acids is 1. The van der Waals surface area contributed by atoms with Crippen molar-refractivity contribution in [3.05, 3.63) is 48.7 Å². The predicted molar refractivity (Wildman–Crippen MR) is 68.1 cm³/mol. The molecule has 2 aromatic rings. The number of pyridine rings is 1. The molecule has 0 bridgehead atoms. The fourth-order valence-electron chi connectivity index (χ4n) is 2.49. The number of carbonyl (C=O) groups is 1. The summed E-state index contributed by atoms with van der Waals surface area (Å²) in [7, 11) is 0. The van der Waals surface area contributed by atoms with E-state index < -0.39 is 0 Å². The van der Waals surface area contributed by atoms with E-state index in [-0.39, 0.29) is 17.7 Å². The fraction of sp³-hybridized carbons (Fsp3) is 0.231. The van der Waals surface area contributed by atoms with E-state index in [1.54, 1.807) is 11.6 Å². The Kier molecular flexibility index (Phi) is 2.63. The van der Waals surface area contributed by atoms with E-state index in [4.69, 9.17) is 0 Å². The average Bonchev–Trinajstić information content (AvgIpc) is 2.85. The van der Waals surface area contributed by atoms with Gasteiger partial charge in [-0.3, -0.25) is 4.79 Å². The molecule has 2 N–H and O–H groups in total. The summed E-state index contributed by atoms with van der Waals surface area (Å²) in [5, 5.41) is 7.25. The molecule has 1 aliphatic rings. The maximum Gasteiger partial charge on any atom is 0.226 e. The molecule has 1 aliphatic heterocycles. The number of aromatic nitrogens is 4. The molecule has 0 amide bonds. The van der Waals surface area contributed by atoms with E-state index in [1.807, 2.05) is 24.5 Å². The summed E-state index contributed by atoms with van der Waals surface area (Å²) < 4.78 is 1.73. The lowest BCUT2D eigenvalue weighted by atomic mass is 9.87. The normalized spacial score (nSPS) is 21.6. The highest BCUT2D eigenvalue weighted by Crippen LogP contribution is 2.36. The molecule has 6 heteroatoms. The van der Waals surface area contributed by atoms with E-state index in [2.05, 4.69) is 27.0 Å². The summed E-state index contributed by atoms with van der Waals surface area (Å²) in [6, 6.07) is 3.64. The van der Waals surface area contributed by atoms with Gasteiger partial charge in [0, 0.05) is 17.3 Å². The van der Waals surface area contributed by atoms with Gasteiger partial charge in [-0.05, 0) is 13.0 Å². The largest absolute Gasteiger partial charge is 0.328 e. The molecule has 2 aromatic heterocycles. The molecule has 0 saturated carbocycles. The van der Waals surface area contributed by atoms with Crippen LogP contribution >= 0.6 is 0 Å². The second-order valence-electron chi connectivity index (χ2n) is 4.55. The third kappa shape index (κ3) is 1.81. The number of aromatic amines is 1. The Morgan fingerprint density at radius 1 is 1.58 bits per heavy atom. The van der Waals surface area contributed by atoms with Gasteiger partial charge in [-0.1, -0.05) is 6.58 Å². The van der Waals surface area contributed by atoms with Crippen LogP contribution in [0.15, 0.2) is 43.1 Å². The number of Topliss-reactive ketones (excluding diaryl/α,β-unsaturated/α-hetero) is 1. The van der Waals surface area contributed by atoms with E-state index >= 15 is 0 Å². The minimum Gasteiger partial charge on any atom is -0.328 e. The lowest BCUT2D eigenvalue weighted by Gasteiger charge is -2.32. The van der Waals surface area contributed by atoms with Crippen LogP contribution in [0.3, 0.4) is 0 Å². The Labute approximate surface area is 110 Å². The second-order valence-corrected chi connectivity index (χ2v) is 4.55. The van der Waals surface area contributed by atoms with Crippen molar-refractivity contribution in [2.24, 2.45) is 5.92 Å². The molecule has 2 unspecified atom stereocenters. The first-order chi connectivity index (χ1) is 9.18. The molecule has 0 saturated heterocycles. The van der Waals surface area contributed by atoms with Gasteiger partial charge in [-0.2, -0.15) is 10.1 Å². The zero-order valence-electron chi connectivity index (χ0n) is 10.5. The maximum absolute atomic E-state index is 12.0. The molecular weight excluding hydrogens is 242 g/mol. The molecule has 96 valence electrons. The zero-order chi connectivity index (χ0) is 13.4. The van der Waals surface area contributed by atoms with E-state index in [0.29, 0.717) is 11.6 Å². The highest BCUT2D eigenvalue weighted by atomic mass is 16.1. The summed E-state index contributed by atoms with van der Waals surface area (Å²) >= 11 is 0. The van der Waals surface area contributed by atoms with Crippen LogP contribution in [0.5, 0.6) is 0 Å². The molecule has 0 aliphatic carbocycles. The zero-order valence-corrected chi connectivity index (χ0v) is 10.5. The first kappa shape index (κ1) is 11.6. The van der Waals surface area contributed by atoms with Crippen molar-refractivity contribution in [2.75, 3.05) is 5.32 Å². The van der Waals surface area contributed by atoms with Crippen molar-refractivity contribution in [3.8, 4) is 0 Å².